The van der Waals surface area contributed by atoms with E-state index in [1.807, 2.05) is 0 Å². The molecule has 1 saturated heterocycles. The van der Waals surface area contributed by atoms with Crippen molar-refractivity contribution in [3.05, 3.63) is 0 Å². The van der Waals surface area contributed by atoms with Gasteiger partial charge in [-0.2, -0.15) is 0 Å². The summed E-state index contributed by atoms with van der Waals surface area (Å²) in [6.45, 7) is 0.0878. The molecule has 1 rings (SSSR count). The molecule has 0 spiro atoms. The van der Waals surface area contributed by atoms with Crippen LogP contribution in [0.1, 0.15) is 6.42 Å². The Morgan fingerprint density at radius 3 is 2.56 bits per heavy atom. The number of alkyl halides is 2. The minimum Gasteiger partial charge on any atom is -0.329 e. The van der Waals surface area contributed by atoms with Gasteiger partial charge >= 0.3 is 0 Å². The van der Waals surface area contributed by atoms with Crippen LogP contribution in [0.2, 0.25) is 0 Å². The second-order valence-corrected chi connectivity index (χ2v) is 2.37. The van der Waals surface area contributed by atoms with Gasteiger partial charge in [-0.05, 0) is 0 Å². The molecule has 1 aliphatic rings. The van der Waals surface area contributed by atoms with Gasteiger partial charge < -0.3 is 11.1 Å². The first kappa shape index (κ1) is 6.89. The van der Waals surface area contributed by atoms with E-state index in [0.717, 1.165) is 0 Å². The van der Waals surface area contributed by atoms with Crippen LogP contribution in [-0.4, -0.2) is 25.1 Å². The summed E-state index contributed by atoms with van der Waals surface area (Å²) < 4.78 is 24.5. The predicted molar refractivity (Wildman–Crippen MR) is 30.4 cm³/mol. The fourth-order valence-electron chi connectivity index (χ4n) is 0.965. The Balaban J connectivity index is 2.38. The van der Waals surface area contributed by atoms with Crippen molar-refractivity contribution in [2.75, 3.05) is 13.1 Å². The second kappa shape index (κ2) is 2.19. The van der Waals surface area contributed by atoms with E-state index >= 15 is 0 Å². The van der Waals surface area contributed by atoms with Crippen molar-refractivity contribution in [2.24, 2.45) is 5.73 Å². The molecule has 0 aromatic rings. The summed E-state index contributed by atoms with van der Waals surface area (Å²) in [6.07, 6.45) is -0.108. The molecule has 4 heteroatoms. The van der Waals surface area contributed by atoms with Crippen LogP contribution in [0, 0.1) is 0 Å². The first-order valence-corrected chi connectivity index (χ1v) is 2.95. The Kier molecular flexibility index (Phi) is 1.68. The van der Waals surface area contributed by atoms with Gasteiger partial charge in [-0.25, -0.2) is 8.78 Å². The summed E-state index contributed by atoms with van der Waals surface area (Å²) in [4.78, 5) is 0. The Labute approximate surface area is 52.4 Å². The lowest BCUT2D eigenvalue weighted by Gasteiger charge is -2.05. The molecule has 0 aromatic heterocycles. The largest absolute Gasteiger partial charge is 0.329 e. The molecule has 0 amide bonds. The first-order chi connectivity index (χ1) is 4.14. The fourth-order valence-corrected chi connectivity index (χ4v) is 0.965. The smallest absolute Gasteiger partial charge is 0.261 e. The van der Waals surface area contributed by atoms with Crippen molar-refractivity contribution < 1.29 is 8.78 Å². The van der Waals surface area contributed by atoms with Crippen LogP contribution in [-0.2, 0) is 0 Å². The first-order valence-electron chi connectivity index (χ1n) is 2.95. The molecule has 0 saturated carbocycles. The summed E-state index contributed by atoms with van der Waals surface area (Å²) in [5, 5.41) is 2.62. The van der Waals surface area contributed by atoms with Crippen LogP contribution in [0.5, 0.6) is 0 Å². The van der Waals surface area contributed by atoms with Gasteiger partial charge in [0, 0.05) is 19.0 Å². The van der Waals surface area contributed by atoms with Crippen molar-refractivity contribution in [3.8, 4) is 0 Å². The maximum absolute atomic E-state index is 12.3. The molecule has 0 bridgehead atoms. The highest BCUT2D eigenvalue weighted by Crippen LogP contribution is 2.24. The highest BCUT2D eigenvalue weighted by atomic mass is 19.3. The normalized spacial score (nSPS) is 33.0. The molecule has 1 atom stereocenters. The van der Waals surface area contributed by atoms with Crippen molar-refractivity contribution in [2.45, 2.75) is 18.4 Å². The average Bonchev–Trinajstić information content (AvgIpc) is 2.10. The highest BCUT2D eigenvalue weighted by molar-refractivity contribution is 4.87. The van der Waals surface area contributed by atoms with E-state index in [1.54, 1.807) is 0 Å². The predicted octanol–water partition coefficient (Wildman–Crippen LogP) is -0.0577. The quantitative estimate of drug-likeness (QED) is 0.530. The number of hydrogen-bond donors (Lipinski definition) is 2. The molecule has 3 N–H and O–H groups in total. The zero-order valence-corrected chi connectivity index (χ0v) is 5.03. The van der Waals surface area contributed by atoms with Gasteiger partial charge in [0.15, 0.2) is 0 Å². The molecule has 0 aromatic carbocycles. The Hall–Kier alpha value is -0.220. The third-order valence-electron chi connectivity index (χ3n) is 1.48. The SMILES string of the molecule is NC[C@H]1CC(F)(F)CN1. The highest BCUT2D eigenvalue weighted by Gasteiger charge is 2.38. The van der Waals surface area contributed by atoms with E-state index in [4.69, 9.17) is 5.73 Å². The second-order valence-electron chi connectivity index (χ2n) is 2.37. The van der Waals surface area contributed by atoms with E-state index in [-0.39, 0.29) is 19.0 Å². The number of nitrogens with two attached hydrogens (primary N) is 1. The standard InChI is InChI=1S/C5H10F2N2/c6-5(7)1-4(2-8)9-3-5/h4,9H,1-3,8H2/t4-/m1/s1. The van der Waals surface area contributed by atoms with Crippen molar-refractivity contribution in [3.63, 3.8) is 0 Å². The Morgan fingerprint density at radius 1 is 1.67 bits per heavy atom. The molecule has 0 radical (unpaired) electrons. The number of hydrogen-bond acceptors (Lipinski definition) is 2. The molecular formula is C5H10F2N2. The van der Waals surface area contributed by atoms with Gasteiger partial charge in [-0.15, -0.1) is 0 Å². The van der Waals surface area contributed by atoms with Gasteiger partial charge in [-0.1, -0.05) is 0 Å². The van der Waals surface area contributed by atoms with Gasteiger partial charge in [0.25, 0.3) is 5.92 Å². The van der Waals surface area contributed by atoms with Crippen LogP contribution < -0.4 is 11.1 Å². The van der Waals surface area contributed by atoms with E-state index < -0.39 is 5.92 Å². The van der Waals surface area contributed by atoms with Crippen molar-refractivity contribution >= 4 is 0 Å². The maximum atomic E-state index is 12.3. The zero-order chi connectivity index (χ0) is 6.91. The fraction of sp³-hybridized carbons (Fsp3) is 1.00. The van der Waals surface area contributed by atoms with Gasteiger partial charge in [0.2, 0.25) is 0 Å². The minimum atomic E-state index is -2.52. The zero-order valence-electron chi connectivity index (χ0n) is 5.03. The van der Waals surface area contributed by atoms with Crippen molar-refractivity contribution in [1.82, 2.24) is 5.32 Å². The molecule has 1 aliphatic heterocycles. The lowest BCUT2D eigenvalue weighted by Crippen LogP contribution is -2.29. The molecule has 1 heterocycles. The molecule has 1 fully saturated rings. The van der Waals surface area contributed by atoms with Crippen molar-refractivity contribution in [1.29, 1.82) is 0 Å². The third kappa shape index (κ3) is 1.59. The summed E-state index contributed by atoms with van der Waals surface area (Å²) in [6, 6.07) is -0.181. The monoisotopic (exact) mass is 136 g/mol. The van der Waals surface area contributed by atoms with E-state index in [1.165, 1.54) is 0 Å². The Morgan fingerprint density at radius 2 is 2.33 bits per heavy atom. The topological polar surface area (TPSA) is 38.0 Å². The number of nitrogens with one attached hydrogen (secondary N) is 1. The molecule has 2 nitrogen and oxygen atoms in total. The van der Waals surface area contributed by atoms with Crippen LogP contribution in [0.3, 0.4) is 0 Å². The van der Waals surface area contributed by atoms with Gasteiger partial charge in [0.1, 0.15) is 0 Å². The van der Waals surface area contributed by atoms with Crippen LogP contribution in [0.25, 0.3) is 0 Å². The lowest BCUT2D eigenvalue weighted by molar-refractivity contribution is 0.0213. The third-order valence-corrected chi connectivity index (χ3v) is 1.48. The minimum absolute atomic E-state index is 0.108. The average molecular weight is 136 g/mol. The van der Waals surface area contributed by atoms with Crippen LogP contribution >= 0.6 is 0 Å². The summed E-state index contributed by atoms with van der Waals surface area (Å²) in [7, 11) is 0. The lowest BCUT2D eigenvalue weighted by atomic mass is 10.2. The van der Waals surface area contributed by atoms with Gasteiger partial charge in [-0.3, -0.25) is 0 Å². The van der Waals surface area contributed by atoms with E-state index in [0.29, 0.717) is 6.54 Å². The molecule has 54 valence electrons. The summed E-state index contributed by atoms with van der Waals surface area (Å²) in [5.41, 5.74) is 5.16. The molecular weight excluding hydrogens is 126 g/mol. The van der Waals surface area contributed by atoms with Crippen LogP contribution in [0.15, 0.2) is 0 Å². The molecule has 0 aliphatic carbocycles. The maximum Gasteiger partial charge on any atom is 0.261 e. The number of rotatable bonds is 1. The van der Waals surface area contributed by atoms with Crippen LogP contribution in [0.4, 0.5) is 8.78 Å². The van der Waals surface area contributed by atoms with Gasteiger partial charge in [0.05, 0.1) is 6.54 Å². The van der Waals surface area contributed by atoms with E-state index in [2.05, 4.69) is 5.32 Å². The Bertz CT molecular complexity index is 105. The summed E-state index contributed by atoms with van der Waals surface area (Å²) >= 11 is 0. The van der Waals surface area contributed by atoms with E-state index in [9.17, 15) is 8.78 Å². The molecule has 9 heavy (non-hydrogen) atoms. The summed E-state index contributed by atoms with van der Waals surface area (Å²) in [5.74, 6) is -2.52. The number of halogens is 2. The molecule has 0 unspecified atom stereocenters.